The SMILES string of the molecule is COc1ccc(-c2csc(CNC(=O)C3CCNC3)c2)cc1.Cl. The lowest BCUT2D eigenvalue weighted by Crippen LogP contribution is -2.31. The summed E-state index contributed by atoms with van der Waals surface area (Å²) in [6, 6.07) is 10.2. The average molecular weight is 353 g/mol. The molecule has 2 aromatic rings. The number of carbonyl (C=O) groups is 1. The summed E-state index contributed by atoms with van der Waals surface area (Å²) in [6.07, 6.45) is 0.938. The van der Waals surface area contributed by atoms with Gasteiger partial charge < -0.3 is 15.4 Å². The van der Waals surface area contributed by atoms with Gasteiger partial charge in [0.15, 0.2) is 0 Å². The molecular weight excluding hydrogens is 332 g/mol. The summed E-state index contributed by atoms with van der Waals surface area (Å²) >= 11 is 1.68. The fourth-order valence-corrected chi connectivity index (χ4v) is 3.44. The molecule has 6 heteroatoms. The van der Waals surface area contributed by atoms with E-state index in [1.54, 1.807) is 18.4 Å². The van der Waals surface area contributed by atoms with Gasteiger partial charge in [0, 0.05) is 11.4 Å². The highest BCUT2D eigenvalue weighted by atomic mass is 35.5. The fraction of sp³-hybridized carbons (Fsp3) is 0.353. The molecule has 1 aliphatic rings. The van der Waals surface area contributed by atoms with Crippen LogP contribution in [0.5, 0.6) is 5.75 Å². The van der Waals surface area contributed by atoms with Crippen LogP contribution in [0.25, 0.3) is 11.1 Å². The van der Waals surface area contributed by atoms with Crippen LogP contribution in [-0.2, 0) is 11.3 Å². The number of benzene rings is 1. The van der Waals surface area contributed by atoms with Crippen molar-refractivity contribution in [3.63, 3.8) is 0 Å². The molecule has 1 aromatic carbocycles. The number of halogens is 1. The van der Waals surface area contributed by atoms with Crippen molar-refractivity contribution in [3.05, 3.63) is 40.6 Å². The van der Waals surface area contributed by atoms with E-state index in [0.717, 1.165) is 30.8 Å². The predicted molar refractivity (Wildman–Crippen MR) is 96.4 cm³/mol. The molecule has 23 heavy (non-hydrogen) atoms. The van der Waals surface area contributed by atoms with Crippen LogP contribution < -0.4 is 15.4 Å². The zero-order chi connectivity index (χ0) is 15.4. The van der Waals surface area contributed by atoms with E-state index in [2.05, 4.69) is 22.1 Å². The van der Waals surface area contributed by atoms with Crippen molar-refractivity contribution < 1.29 is 9.53 Å². The Morgan fingerprint density at radius 1 is 1.35 bits per heavy atom. The van der Waals surface area contributed by atoms with Crippen LogP contribution in [0.1, 0.15) is 11.3 Å². The third-order valence-corrected chi connectivity index (χ3v) is 4.88. The van der Waals surface area contributed by atoms with E-state index in [0.29, 0.717) is 6.54 Å². The van der Waals surface area contributed by atoms with Gasteiger partial charge in [0.05, 0.1) is 19.6 Å². The van der Waals surface area contributed by atoms with Gasteiger partial charge in [-0.3, -0.25) is 4.79 Å². The summed E-state index contributed by atoms with van der Waals surface area (Å²) in [5, 5.41) is 8.38. The van der Waals surface area contributed by atoms with E-state index in [1.165, 1.54) is 10.4 Å². The summed E-state index contributed by atoms with van der Waals surface area (Å²) in [6.45, 7) is 2.35. The molecular formula is C17H21ClN2O2S. The third-order valence-electron chi connectivity index (χ3n) is 3.95. The van der Waals surface area contributed by atoms with Crippen molar-refractivity contribution in [3.8, 4) is 16.9 Å². The number of methoxy groups -OCH3 is 1. The van der Waals surface area contributed by atoms with Crippen LogP contribution in [0, 0.1) is 5.92 Å². The van der Waals surface area contributed by atoms with Crippen molar-refractivity contribution in [2.45, 2.75) is 13.0 Å². The van der Waals surface area contributed by atoms with Crippen molar-refractivity contribution in [1.29, 1.82) is 0 Å². The Balaban J connectivity index is 0.00000192. The minimum atomic E-state index is 0. The number of ether oxygens (including phenoxy) is 1. The van der Waals surface area contributed by atoms with E-state index < -0.39 is 0 Å². The molecule has 1 fully saturated rings. The van der Waals surface area contributed by atoms with Crippen LogP contribution in [0.15, 0.2) is 35.7 Å². The molecule has 3 rings (SSSR count). The predicted octanol–water partition coefficient (Wildman–Crippen LogP) is 3.07. The van der Waals surface area contributed by atoms with Crippen molar-refractivity contribution in [2.24, 2.45) is 5.92 Å². The molecule has 0 radical (unpaired) electrons. The average Bonchev–Trinajstić information content (AvgIpc) is 3.24. The maximum Gasteiger partial charge on any atom is 0.224 e. The van der Waals surface area contributed by atoms with Crippen molar-refractivity contribution >= 4 is 29.7 Å². The summed E-state index contributed by atoms with van der Waals surface area (Å²) in [4.78, 5) is 13.2. The molecule has 1 aromatic heterocycles. The molecule has 1 saturated heterocycles. The number of thiophene rings is 1. The molecule has 0 saturated carbocycles. The molecule has 1 amide bonds. The lowest BCUT2D eigenvalue weighted by atomic mass is 10.1. The smallest absolute Gasteiger partial charge is 0.224 e. The first kappa shape index (κ1) is 17.8. The summed E-state index contributed by atoms with van der Waals surface area (Å²) < 4.78 is 5.17. The molecule has 4 nitrogen and oxygen atoms in total. The topological polar surface area (TPSA) is 50.4 Å². The van der Waals surface area contributed by atoms with Gasteiger partial charge in [-0.25, -0.2) is 0 Å². The molecule has 1 atom stereocenters. The lowest BCUT2D eigenvalue weighted by Gasteiger charge is -2.08. The largest absolute Gasteiger partial charge is 0.497 e. The lowest BCUT2D eigenvalue weighted by molar-refractivity contribution is -0.124. The zero-order valence-electron chi connectivity index (χ0n) is 13.0. The molecule has 0 spiro atoms. The van der Waals surface area contributed by atoms with E-state index >= 15 is 0 Å². The highest BCUT2D eigenvalue weighted by molar-refractivity contribution is 7.10. The van der Waals surface area contributed by atoms with Gasteiger partial charge in [0.1, 0.15) is 5.75 Å². The van der Waals surface area contributed by atoms with Crippen LogP contribution in [0.2, 0.25) is 0 Å². The fourth-order valence-electron chi connectivity index (χ4n) is 2.61. The molecule has 0 aliphatic carbocycles. The monoisotopic (exact) mass is 352 g/mol. The second kappa shape index (κ2) is 8.34. The Kier molecular flexibility index (Phi) is 6.45. The van der Waals surface area contributed by atoms with Crippen LogP contribution >= 0.6 is 23.7 Å². The molecule has 1 unspecified atom stereocenters. The van der Waals surface area contributed by atoms with Gasteiger partial charge in [-0.05, 0) is 47.7 Å². The molecule has 1 aliphatic heterocycles. The minimum Gasteiger partial charge on any atom is -0.497 e. The molecule has 124 valence electrons. The maximum atomic E-state index is 12.0. The molecule has 0 bridgehead atoms. The highest BCUT2D eigenvalue weighted by Gasteiger charge is 2.21. The van der Waals surface area contributed by atoms with Gasteiger partial charge in [-0.1, -0.05) is 12.1 Å². The number of carbonyl (C=O) groups excluding carboxylic acids is 1. The quantitative estimate of drug-likeness (QED) is 0.869. The van der Waals surface area contributed by atoms with Gasteiger partial charge >= 0.3 is 0 Å². The zero-order valence-corrected chi connectivity index (χ0v) is 14.6. The number of hydrogen-bond donors (Lipinski definition) is 2. The van der Waals surface area contributed by atoms with E-state index in [9.17, 15) is 4.79 Å². The Bertz CT molecular complexity index is 636. The van der Waals surface area contributed by atoms with Gasteiger partial charge in [-0.2, -0.15) is 0 Å². The van der Waals surface area contributed by atoms with Gasteiger partial charge in [0.25, 0.3) is 0 Å². The van der Waals surface area contributed by atoms with E-state index in [4.69, 9.17) is 4.74 Å². The molecule has 2 N–H and O–H groups in total. The van der Waals surface area contributed by atoms with Gasteiger partial charge in [0.2, 0.25) is 5.91 Å². The Labute approximate surface area is 146 Å². The Morgan fingerprint density at radius 3 is 2.78 bits per heavy atom. The highest BCUT2D eigenvalue weighted by Crippen LogP contribution is 2.27. The second-order valence-corrected chi connectivity index (χ2v) is 6.43. The van der Waals surface area contributed by atoms with Crippen LogP contribution in [0.4, 0.5) is 0 Å². The first-order valence-electron chi connectivity index (χ1n) is 7.46. The summed E-state index contributed by atoms with van der Waals surface area (Å²) in [7, 11) is 1.67. The Morgan fingerprint density at radius 2 is 2.13 bits per heavy atom. The Hall–Kier alpha value is -1.56. The standard InChI is InChI=1S/C17H20N2O2S.ClH/c1-21-15-4-2-12(3-5-15)14-8-16(22-11-14)10-19-17(20)13-6-7-18-9-13;/h2-5,8,11,13,18H,6-7,9-10H2,1H3,(H,19,20);1H. The minimum absolute atomic E-state index is 0. The normalized spacial score (nSPS) is 16.7. The number of amides is 1. The van der Waals surface area contributed by atoms with E-state index in [-0.39, 0.29) is 24.2 Å². The van der Waals surface area contributed by atoms with Crippen LogP contribution in [0.3, 0.4) is 0 Å². The summed E-state index contributed by atoms with van der Waals surface area (Å²) in [5.41, 5.74) is 2.34. The molecule has 2 heterocycles. The summed E-state index contributed by atoms with van der Waals surface area (Å²) in [5.74, 6) is 1.14. The number of nitrogens with one attached hydrogen (secondary N) is 2. The van der Waals surface area contributed by atoms with Crippen molar-refractivity contribution in [2.75, 3.05) is 20.2 Å². The number of hydrogen-bond acceptors (Lipinski definition) is 4. The van der Waals surface area contributed by atoms with Crippen molar-refractivity contribution in [1.82, 2.24) is 10.6 Å². The maximum absolute atomic E-state index is 12.0. The first-order valence-corrected chi connectivity index (χ1v) is 8.34. The number of rotatable bonds is 5. The third kappa shape index (κ3) is 4.47. The van der Waals surface area contributed by atoms with Crippen LogP contribution in [-0.4, -0.2) is 26.1 Å². The van der Waals surface area contributed by atoms with Gasteiger partial charge in [-0.15, -0.1) is 23.7 Å². The second-order valence-electron chi connectivity index (χ2n) is 5.44. The first-order chi connectivity index (χ1) is 10.8. The van der Waals surface area contributed by atoms with E-state index in [1.807, 2.05) is 24.3 Å².